The summed E-state index contributed by atoms with van der Waals surface area (Å²) in [5, 5.41) is 13.4. The molecule has 1 aromatic heterocycles. The number of nitrogens with one attached hydrogen (secondary N) is 1. The van der Waals surface area contributed by atoms with Crippen molar-refractivity contribution in [1.82, 2.24) is 4.57 Å². The minimum Gasteiger partial charge on any atom is -0.340 e. The van der Waals surface area contributed by atoms with Crippen molar-refractivity contribution in [3.63, 3.8) is 0 Å². The van der Waals surface area contributed by atoms with Crippen LogP contribution in [0.5, 0.6) is 0 Å². The lowest BCUT2D eigenvalue weighted by Crippen LogP contribution is -2.23. The molecule has 0 unspecified atom stereocenters. The van der Waals surface area contributed by atoms with Gasteiger partial charge in [0.25, 0.3) is 0 Å². The summed E-state index contributed by atoms with van der Waals surface area (Å²) in [5.74, 6) is -0.171. The van der Waals surface area contributed by atoms with Crippen LogP contribution in [-0.2, 0) is 11.3 Å². The summed E-state index contributed by atoms with van der Waals surface area (Å²) in [6, 6.07) is 10.1. The largest absolute Gasteiger partial charge is 0.340 e. The SMILES string of the molecule is Cc1cc(=O)cc(C)n1CC(=O)Nc1ccc(SC#N)cc1. The maximum atomic E-state index is 12.1. The van der Waals surface area contributed by atoms with Crippen LogP contribution in [0.15, 0.2) is 46.1 Å². The number of hydrogen-bond acceptors (Lipinski definition) is 4. The van der Waals surface area contributed by atoms with Gasteiger partial charge >= 0.3 is 0 Å². The molecule has 1 aromatic carbocycles. The molecular weight excluding hydrogens is 298 g/mol. The van der Waals surface area contributed by atoms with Crippen LogP contribution < -0.4 is 10.7 Å². The molecule has 1 amide bonds. The summed E-state index contributed by atoms with van der Waals surface area (Å²) < 4.78 is 1.79. The molecule has 0 aliphatic heterocycles. The second-order valence-electron chi connectivity index (χ2n) is 4.83. The smallest absolute Gasteiger partial charge is 0.244 e. The van der Waals surface area contributed by atoms with Crippen molar-refractivity contribution < 1.29 is 4.79 Å². The summed E-state index contributed by atoms with van der Waals surface area (Å²) in [4.78, 5) is 24.3. The van der Waals surface area contributed by atoms with E-state index in [-0.39, 0.29) is 17.9 Å². The zero-order valence-electron chi connectivity index (χ0n) is 12.3. The number of carbonyl (C=O) groups excluding carboxylic acids is 1. The third-order valence-electron chi connectivity index (χ3n) is 3.16. The van der Waals surface area contributed by atoms with Crippen LogP contribution in [-0.4, -0.2) is 10.5 Å². The summed E-state index contributed by atoms with van der Waals surface area (Å²) in [6.45, 7) is 3.75. The van der Waals surface area contributed by atoms with Crippen LogP contribution in [0.1, 0.15) is 11.4 Å². The predicted octanol–water partition coefficient (Wildman–Crippen LogP) is 2.68. The highest BCUT2D eigenvalue weighted by Crippen LogP contribution is 2.19. The first-order valence-corrected chi connectivity index (χ1v) is 7.45. The van der Waals surface area contributed by atoms with E-state index in [9.17, 15) is 9.59 Å². The zero-order chi connectivity index (χ0) is 16.1. The molecule has 1 heterocycles. The van der Waals surface area contributed by atoms with E-state index in [1.807, 2.05) is 5.40 Å². The summed E-state index contributed by atoms with van der Waals surface area (Å²) in [6.07, 6.45) is 0. The van der Waals surface area contributed by atoms with Gasteiger partial charge < -0.3 is 9.88 Å². The minimum atomic E-state index is -0.171. The summed E-state index contributed by atoms with van der Waals surface area (Å²) in [5.41, 5.74) is 2.11. The summed E-state index contributed by atoms with van der Waals surface area (Å²) in [7, 11) is 0. The normalized spacial score (nSPS) is 10.0. The van der Waals surface area contributed by atoms with E-state index in [1.165, 1.54) is 12.1 Å². The number of thiocyanates is 1. The van der Waals surface area contributed by atoms with E-state index in [4.69, 9.17) is 5.26 Å². The van der Waals surface area contributed by atoms with Gasteiger partial charge in [-0.15, -0.1) is 0 Å². The third-order valence-corrected chi connectivity index (χ3v) is 3.76. The van der Waals surface area contributed by atoms with Crippen molar-refractivity contribution in [2.75, 3.05) is 5.32 Å². The quantitative estimate of drug-likeness (QED) is 0.695. The second-order valence-corrected chi connectivity index (χ2v) is 5.68. The van der Waals surface area contributed by atoms with E-state index in [0.29, 0.717) is 5.69 Å². The number of anilines is 1. The Labute approximate surface area is 132 Å². The molecule has 0 saturated heterocycles. The number of pyridine rings is 1. The van der Waals surface area contributed by atoms with Crippen LogP contribution in [0.2, 0.25) is 0 Å². The van der Waals surface area contributed by atoms with E-state index in [1.54, 1.807) is 42.7 Å². The lowest BCUT2D eigenvalue weighted by atomic mass is 10.2. The summed E-state index contributed by atoms with van der Waals surface area (Å²) >= 11 is 1.07. The van der Waals surface area contributed by atoms with Crippen LogP contribution in [0, 0.1) is 24.5 Å². The first-order chi connectivity index (χ1) is 10.5. The number of amides is 1. The Morgan fingerprint density at radius 1 is 1.23 bits per heavy atom. The molecule has 22 heavy (non-hydrogen) atoms. The molecule has 112 valence electrons. The highest BCUT2D eigenvalue weighted by molar-refractivity contribution is 8.03. The van der Waals surface area contributed by atoms with E-state index < -0.39 is 0 Å². The van der Waals surface area contributed by atoms with Gasteiger partial charge in [0.05, 0.1) is 0 Å². The Kier molecular flexibility index (Phi) is 5.02. The van der Waals surface area contributed by atoms with E-state index >= 15 is 0 Å². The molecule has 2 rings (SSSR count). The van der Waals surface area contributed by atoms with Gasteiger partial charge in [0.1, 0.15) is 11.9 Å². The predicted molar refractivity (Wildman–Crippen MR) is 86.7 cm³/mol. The number of nitrogens with zero attached hydrogens (tertiary/aromatic N) is 2. The maximum absolute atomic E-state index is 12.1. The fourth-order valence-electron chi connectivity index (χ4n) is 2.14. The highest BCUT2D eigenvalue weighted by atomic mass is 32.2. The molecule has 0 saturated carbocycles. The number of aryl methyl sites for hydroxylation is 2. The van der Waals surface area contributed by atoms with Gasteiger partial charge in [-0.1, -0.05) is 0 Å². The van der Waals surface area contributed by atoms with Crippen molar-refractivity contribution >= 4 is 23.4 Å². The monoisotopic (exact) mass is 313 g/mol. The fourth-order valence-corrected chi connectivity index (χ4v) is 2.52. The van der Waals surface area contributed by atoms with Gasteiger partial charge in [-0.2, -0.15) is 5.26 Å². The van der Waals surface area contributed by atoms with Crippen LogP contribution in [0.4, 0.5) is 5.69 Å². The Balaban J connectivity index is 2.07. The van der Waals surface area contributed by atoms with Crippen LogP contribution >= 0.6 is 11.8 Å². The van der Waals surface area contributed by atoms with Gasteiger partial charge in [-0.05, 0) is 49.9 Å². The number of rotatable bonds is 4. The van der Waals surface area contributed by atoms with Crippen LogP contribution in [0.3, 0.4) is 0 Å². The van der Waals surface area contributed by atoms with Crippen molar-refractivity contribution in [3.8, 4) is 5.40 Å². The Hall–Kier alpha value is -2.52. The number of aromatic nitrogens is 1. The molecule has 0 spiro atoms. The molecule has 5 nitrogen and oxygen atoms in total. The van der Waals surface area contributed by atoms with Gasteiger partial charge in [0.2, 0.25) is 5.91 Å². The average molecular weight is 313 g/mol. The molecule has 0 atom stereocenters. The Morgan fingerprint density at radius 2 is 1.82 bits per heavy atom. The molecule has 0 fully saturated rings. The molecular formula is C16H15N3O2S. The second kappa shape index (κ2) is 6.96. The molecule has 0 aliphatic rings. The molecule has 0 bridgehead atoms. The van der Waals surface area contributed by atoms with Crippen molar-refractivity contribution in [3.05, 3.63) is 58.0 Å². The molecule has 0 radical (unpaired) electrons. The van der Waals surface area contributed by atoms with Gasteiger partial charge in [0.15, 0.2) is 5.43 Å². The number of thioether (sulfide) groups is 1. The number of benzene rings is 1. The zero-order valence-corrected chi connectivity index (χ0v) is 13.1. The first kappa shape index (κ1) is 15.9. The Morgan fingerprint density at radius 3 is 2.36 bits per heavy atom. The van der Waals surface area contributed by atoms with Crippen molar-refractivity contribution in [2.45, 2.75) is 25.3 Å². The molecule has 0 aliphatic carbocycles. The maximum Gasteiger partial charge on any atom is 0.244 e. The van der Waals surface area contributed by atoms with Crippen molar-refractivity contribution in [1.29, 1.82) is 5.26 Å². The van der Waals surface area contributed by atoms with Gasteiger partial charge in [-0.25, -0.2) is 0 Å². The molecule has 6 heteroatoms. The van der Waals surface area contributed by atoms with Crippen molar-refractivity contribution in [2.24, 2.45) is 0 Å². The number of carbonyl (C=O) groups is 1. The topological polar surface area (TPSA) is 74.9 Å². The Bertz CT molecular complexity index is 762. The molecule has 1 N–H and O–H groups in total. The lowest BCUT2D eigenvalue weighted by Gasteiger charge is -2.14. The number of hydrogen-bond donors (Lipinski definition) is 1. The van der Waals surface area contributed by atoms with E-state index in [2.05, 4.69) is 5.32 Å². The minimum absolute atomic E-state index is 0.0581. The van der Waals surface area contributed by atoms with E-state index in [0.717, 1.165) is 28.0 Å². The first-order valence-electron chi connectivity index (χ1n) is 6.63. The lowest BCUT2D eigenvalue weighted by molar-refractivity contribution is -0.116. The van der Waals surface area contributed by atoms with Gasteiger partial charge in [-0.3, -0.25) is 9.59 Å². The number of nitriles is 1. The third kappa shape index (κ3) is 3.99. The van der Waals surface area contributed by atoms with Gasteiger partial charge in [0, 0.05) is 34.1 Å². The average Bonchev–Trinajstić information content (AvgIpc) is 2.45. The standard InChI is InChI=1S/C16H15N3O2S/c1-11-7-14(20)8-12(2)19(11)9-16(21)18-13-3-5-15(6-4-13)22-10-17/h3-8H,9H2,1-2H3,(H,18,21). The van der Waals surface area contributed by atoms with Crippen LogP contribution in [0.25, 0.3) is 0 Å². The highest BCUT2D eigenvalue weighted by Gasteiger charge is 2.07. The molecule has 2 aromatic rings. The fraction of sp³-hybridized carbons (Fsp3) is 0.188.